The fourth-order valence-electron chi connectivity index (χ4n) is 2.07. The first-order valence-electron chi connectivity index (χ1n) is 7.57. The number of hydrogen-bond acceptors (Lipinski definition) is 8. The molecule has 0 fully saturated rings. The van der Waals surface area contributed by atoms with Gasteiger partial charge in [-0.1, -0.05) is 11.8 Å². The zero-order chi connectivity index (χ0) is 18.5. The van der Waals surface area contributed by atoms with E-state index in [1.807, 2.05) is 6.07 Å². The number of nitrogen functional groups attached to an aromatic ring is 1. The molecule has 1 aromatic carbocycles. The molecule has 0 atom stereocenters. The third-order valence-corrected chi connectivity index (χ3v) is 4.22. The quantitative estimate of drug-likeness (QED) is 0.442. The number of benzene rings is 1. The molecule has 0 unspecified atom stereocenters. The van der Waals surface area contributed by atoms with Crippen LogP contribution in [-0.2, 0) is 10.5 Å². The second-order valence-electron chi connectivity index (χ2n) is 5.26. The molecule has 26 heavy (non-hydrogen) atoms. The summed E-state index contributed by atoms with van der Waals surface area (Å²) in [5.41, 5.74) is 0.754. The molecule has 0 aliphatic heterocycles. The maximum atomic E-state index is 12.3. The van der Waals surface area contributed by atoms with E-state index in [-0.39, 0.29) is 16.9 Å². The molecule has 4 N–H and O–H groups in total. The van der Waals surface area contributed by atoms with Gasteiger partial charge in [-0.05, 0) is 36.4 Å². The SMILES string of the molecule is CC(=O)Nc1ccc(Nc2nnc(SCc3ccco3)n(N)c2=O)cc1. The van der Waals surface area contributed by atoms with Crippen molar-refractivity contribution in [2.45, 2.75) is 17.8 Å². The number of nitrogens with zero attached hydrogens (tertiary/aromatic N) is 3. The Labute approximate surface area is 152 Å². The number of amides is 1. The van der Waals surface area contributed by atoms with E-state index in [1.165, 1.54) is 18.7 Å². The van der Waals surface area contributed by atoms with Gasteiger partial charge in [-0.25, -0.2) is 0 Å². The number of hydrogen-bond donors (Lipinski definition) is 3. The average Bonchev–Trinajstić information content (AvgIpc) is 3.13. The minimum atomic E-state index is -0.507. The fourth-order valence-corrected chi connectivity index (χ4v) is 2.83. The Hall–Kier alpha value is -3.27. The van der Waals surface area contributed by atoms with Gasteiger partial charge in [0, 0.05) is 18.3 Å². The Morgan fingerprint density at radius 1 is 1.23 bits per heavy atom. The van der Waals surface area contributed by atoms with Crippen LogP contribution in [0, 0.1) is 0 Å². The Morgan fingerprint density at radius 2 is 1.96 bits per heavy atom. The van der Waals surface area contributed by atoms with E-state index in [0.717, 1.165) is 10.4 Å². The van der Waals surface area contributed by atoms with Gasteiger partial charge in [-0.15, -0.1) is 10.2 Å². The summed E-state index contributed by atoms with van der Waals surface area (Å²) in [5, 5.41) is 13.7. The smallest absolute Gasteiger partial charge is 0.315 e. The second-order valence-corrected chi connectivity index (χ2v) is 6.20. The van der Waals surface area contributed by atoms with Crippen molar-refractivity contribution in [2.75, 3.05) is 16.5 Å². The number of nitrogens with two attached hydrogens (primary N) is 1. The molecule has 2 aromatic heterocycles. The van der Waals surface area contributed by atoms with Gasteiger partial charge in [0.05, 0.1) is 12.0 Å². The van der Waals surface area contributed by atoms with E-state index >= 15 is 0 Å². The average molecular weight is 372 g/mol. The van der Waals surface area contributed by atoms with Crippen LogP contribution in [0.5, 0.6) is 0 Å². The van der Waals surface area contributed by atoms with E-state index < -0.39 is 5.56 Å². The van der Waals surface area contributed by atoms with E-state index in [0.29, 0.717) is 17.1 Å². The maximum absolute atomic E-state index is 12.3. The molecule has 10 heteroatoms. The van der Waals surface area contributed by atoms with E-state index in [2.05, 4.69) is 20.8 Å². The van der Waals surface area contributed by atoms with E-state index in [4.69, 9.17) is 10.3 Å². The highest BCUT2D eigenvalue weighted by molar-refractivity contribution is 7.98. The van der Waals surface area contributed by atoms with Crippen LogP contribution in [0.15, 0.2) is 57.0 Å². The molecule has 3 rings (SSSR count). The predicted molar refractivity (Wildman–Crippen MR) is 98.7 cm³/mol. The Balaban J connectivity index is 1.71. The molecule has 0 spiro atoms. The molecule has 0 saturated heterocycles. The lowest BCUT2D eigenvalue weighted by Gasteiger charge is -2.09. The number of carbonyl (C=O) groups is 1. The number of nitrogens with one attached hydrogen (secondary N) is 2. The van der Waals surface area contributed by atoms with Crippen LogP contribution < -0.4 is 22.0 Å². The number of carbonyl (C=O) groups excluding carboxylic acids is 1. The van der Waals surface area contributed by atoms with E-state index in [9.17, 15) is 9.59 Å². The van der Waals surface area contributed by atoms with Gasteiger partial charge in [0.1, 0.15) is 5.76 Å². The molecule has 0 bridgehead atoms. The minimum absolute atomic E-state index is 0.00197. The molecule has 0 radical (unpaired) electrons. The number of aromatic nitrogens is 3. The lowest BCUT2D eigenvalue weighted by molar-refractivity contribution is -0.114. The standard InChI is InChI=1S/C16H16N6O3S/c1-10(23)18-11-4-6-12(7-5-11)19-14-15(24)22(17)16(21-20-14)26-9-13-3-2-8-25-13/h2-8H,9,17H2,1H3,(H,18,23)(H,19,20). The molecule has 0 aliphatic carbocycles. The van der Waals surface area contributed by atoms with Crippen LogP contribution >= 0.6 is 11.8 Å². The predicted octanol–water partition coefficient (Wildman–Crippen LogP) is 1.94. The summed E-state index contributed by atoms with van der Waals surface area (Å²) in [6, 6.07) is 10.4. The Kier molecular flexibility index (Phi) is 5.23. The second kappa shape index (κ2) is 7.74. The van der Waals surface area contributed by atoms with Crippen molar-refractivity contribution in [1.82, 2.24) is 14.9 Å². The van der Waals surface area contributed by atoms with Crippen molar-refractivity contribution >= 4 is 34.9 Å². The van der Waals surface area contributed by atoms with Crippen LogP contribution in [0.2, 0.25) is 0 Å². The van der Waals surface area contributed by atoms with Gasteiger partial charge in [0.25, 0.3) is 0 Å². The van der Waals surface area contributed by atoms with Gasteiger partial charge in [-0.2, -0.15) is 4.68 Å². The summed E-state index contributed by atoms with van der Waals surface area (Å²) < 4.78 is 6.17. The highest BCUT2D eigenvalue weighted by Crippen LogP contribution is 2.20. The lowest BCUT2D eigenvalue weighted by Crippen LogP contribution is -2.32. The van der Waals surface area contributed by atoms with E-state index in [1.54, 1.807) is 36.6 Å². The largest absolute Gasteiger partial charge is 0.468 e. The number of anilines is 3. The Bertz CT molecular complexity index is 953. The summed E-state index contributed by atoms with van der Waals surface area (Å²) >= 11 is 1.24. The molecular weight excluding hydrogens is 356 g/mol. The van der Waals surface area contributed by atoms with Crippen molar-refractivity contribution < 1.29 is 9.21 Å². The van der Waals surface area contributed by atoms with Crippen LogP contribution in [-0.4, -0.2) is 20.8 Å². The molecule has 2 heterocycles. The number of rotatable bonds is 6. The monoisotopic (exact) mass is 372 g/mol. The van der Waals surface area contributed by atoms with Gasteiger partial charge in [0.15, 0.2) is 0 Å². The summed E-state index contributed by atoms with van der Waals surface area (Å²) in [6.07, 6.45) is 1.57. The highest BCUT2D eigenvalue weighted by atomic mass is 32.2. The zero-order valence-electron chi connectivity index (χ0n) is 13.8. The fraction of sp³-hybridized carbons (Fsp3) is 0.125. The number of thioether (sulfide) groups is 1. The summed E-state index contributed by atoms with van der Waals surface area (Å²) in [7, 11) is 0. The van der Waals surface area contributed by atoms with Crippen LogP contribution in [0.4, 0.5) is 17.2 Å². The van der Waals surface area contributed by atoms with Gasteiger partial charge in [-0.3, -0.25) is 9.59 Å². The first kappa shape index (κ1) is 17.5. The minimum Gasteiger partial charge on any atom is -0.468 e. The first-order chi connectivity index (χ1) is 12.5. The summed E-state index contributed by atoms with van der Waals surface area (Å²) in [5.74, 6) is 6.88. The highest BCUT2D eigenvalue weighted by Gasteiger charge is 2.12. The van der Waals surface area contributed by atoms with Gasteiger partial charge in [0.2, 0.25) is 16.9 Å². The molecule has 134 valence electrons. The van der Waals surface area contributed by atoms with Crippen molar-refractivity contribution in [3.63, 3.8) is 0 Å². The normalized spacial score (nSPS) is 10.5. The van der Waals surface area contributed by atoms with Gasteiger partial charge < -0.3 is 20.9 Å². The summed E-state index contributed by atoms with van der Waals surface area (Å²) in [6.45, 7) is 1.43. The molecule has 9 nitrogen and oxygen atoms in total. The number of furan rings is 1. The third-order valence-electron chi connectivity index (χ3n) is 3.25. The topological polar surface area (TPSA) is 128 Å². The zero-order valence-corrected chi connectivity index (χ0v) is 14.6. The lowest BCUT2D eigenvalue weighted by atomic mass is 10.3. The van der Waals surface area contributed by atoms with Crippen LogP contribution in [0.3, 0.4) is 0 Å². The van der Waals surface area contributed by atoms with Crippen molar-refractivity contribution in [3.05, 3.63) is 58.8 Å². The third kappa shape index (κ3) is 4.22. The molecule has 1 amide bonds. The van der Waals surface area contributed by atoms with Crippen molar-refractivity contribution in [2.24, 2.45) is 0 Å². The molecular formula is C16H16N6O3S. The van der Waals surface area contributed by atoms with Crippen LogP contribution in [0.1, 0.15) is 12.7 Å². The Morgan fingerprint density at radius 3 is 2.62 bits per heavy atom. The maximum Gasteiger partial charge on any atom is 0.315 e. The first-order valence-corrected chi connectivity index (χ1v) is 8.56. The van der Waals surface area contributed by atoms with Gasteiger partial charge >= 0.3 is 5.56 Å². The van der Waals surface area contributed by atoms with Crippen molar-refractivity contribution in [3.8, 4) is 0 Å². The molecule has 0 aliphatic rings. The molecule has 3 aromatic rings. The van der Waals surface area contributed by atoms with Crippen molar-refractivity contribution in [1.29, 1.82) is 0 Å². The molecule has 0 saturated carbocycles. The van der Waals surface area contributed by atoms with Crippen LogP contribution in [0.25, 0.3) is 0 Å². The summed E-state index contributed by atoms with van der Waals surface area (Å²) in [4.78, 5) is 23.4.